The standard InChI is InChI=1S/C15H29NO2/c1-5-13(11(2)3)10-15(18)16-8-6-7-14(16)9-12(4)17/h11-14,17H,5-10H2,1-4H3. The Labute approximate surface area is 112 Å². The molecular formula is C15H29NO2. The van der Waals surface area contributed by atoms with Crippen molar-refractivity contribution in [3.05, 3.63) is 0 Å². The number of hydrogen-bond acceptors (Lipinski definition) is 2. The van der Waals surface area contributed by atoms with Gasteiger partial charge in [0.15, 0.2) is 0 Å². The van der Waals surface area contributed by atoms with Crippen molar-refractivity contribution in [2.24, 2.45) is 11.8 Å². The quantitative estimate of drug-likeness (QED) is 0.793. The van der Waals surface area contributed by atoms with Gasteiger partial charge in [0.2, 0.25) is 5.91 Å². The lowest BCUT2D eigenvalue weighted by Gasteiger charge is -2.28. The van der Waals surface area contributed by atoms with Crippen molar-refractivity contribution < 1.29 is 9.90 Å². The molecule has 0 aromatic heterocycles. The van der Waals surface area contributed by atoms with Crippen LogP contribution in [0.2, 0.25) is 0 Å². The molecule has 0 aliphatic carbocycles. The van der Waals surface area contributed by atoms with E-state index >= 15 is 0 Å². The Balaban J connectivity index is 2.54. The molecule has 0 bridgehead atoms. The molecule has 0 aromatic rings. The molecule has 1 aliphatic heterocycles. The molecule has 0 aromatic carbocycles. The molecule has 1 heterocycles. The van der Waals surface area contributed by atoms with E-state index in [-0.39, 0.29) is 12.1 Å². The molecule has 0 spiro atoms. The number of aliphatic hydroxyl groups is 1. The lowest BCUT2D eigenvalue weighted by molar-refractivity contribution is -0.133. The molecule has 3 nitrogen and oxygen atoms in total. The molecule has 1 amide bonds. The maximum atomic E-state index is 12.4. The van der Waals surface area contributed by atoms with E-state index in [2.05, 4.69) is 20.8 Å². The van der Waals surface area contributed by atoms with Crippen LogP contribution in [0.4, 0.5) is 0 Å². The predicted molar refractivity (Wildman–Crippen MR) is 74.3 cm³/mol. The second-order valence-corrected chi connectivity index (χ2v) is 6.08. The van der Waals surface area contributed by atoms with E-state index in [0.717, 1.165) is 32.2 Å². The highest BCUT2D eigenvalue weighted by molar-refractivity contribution is 5.77. The molecule has 1 rings (SSSR count). The van der Waals surface area contributed by atoms with Gasteiger partial charge in [0, 0.05) is 19.0 Å². The summed E-state index contributed by atoms with van der Waals surface area (Å²) in [5.41, 5.74) is 0. The van der Waals surface area contributed by atoms with Crippen LogP contribution < -0.4 is 0 Å². The first-order valence-electron chi connectivity index (χ1n) is 7.43. The Morgan fingerprint density at radius 2 is 2.06 bits per heavy atom. The van der Waals surface area contributed by atoms with Crippen molar-refractivity contribution in [1.29, 1.82) is 0 Å². The van der Waals surface area contributed by atoms with Crippen LogP contribution in [0.3, 0.4) is 0 Å². The summed E-state index contributed by atoms with van der Waals surface area (Å²) >= 11 is 0. The van der Waals surface area contributed by atoms with E-state index in [0.29, 0.717) is 24.2 Å². The minimum Gasteiger partial charge on any atom is -0.393 e. The zero-order chi connectivity index (χ0) is 13.7. The van der Waals surface area contributed by atoms with Gasteiger partial charge in [-0.1, -0.05) is 27.2 Å². The average Bonchev–Trinajstić information content (AvgIpc) is 2.72. The lowest BCUT2D eigenvalue weighted by Crippen LogP contribution is -2.38. The van der Waals surface area contributed by atoms with Gasteiger partial charge >= 0.3 is 0 Å². The van der Waals surface area contributed by atoms with Crippen molar-refractivity contribution in [3.8, 4) is 0 Å². The van der Waals surface area contributed by atoms with Crippen molar-refractivity contribution in [2.75, 3.05) is 6.54 Å². The van der Waals surface area contributed by atoms with Crippen LogP contribution in [0.25, 0.3) is 0 Å². The van der Waals surface area contributed by atoms with Crippen molar-refractivity contribution in [1.82, 2.24) is 4.90 Å². The zero-order valence-electron chi connectivity index (χ0n) is 12.4. The number of carbonyl (C=O) groups is 1. The SMILES string of the molecule is CCC(CC(=O)N1CCCC1CC(C)O)C(C)C. The summed E-state index contributed by atoms with van der Waals surface area (Å²) in [4.78, 5) is 14.4. The molecule has 3 atom stereocenters. The van der Waals surface area contributed by atoms with Crippen molar-refractivity contribution >= 4 is 5.91 Å². The van der Waals surface area contributed by atoms with E-state index in [1.165, 1.54) is 0 Å². The van der Waals surface area contributed by atoms with E-state index in [1.807, 2.05) is 11.8 Å². The number of nitrogens with zero attached hydrogens (tertiary/aromatic N) is 1. The smallest absolute Gasteiger partial charge is 0.223 e. The predicted octanol–water partition coefficient (Wildman–Crippen LogP) is 2.82. The van der Waals surface area contributed by atoms with Crippen molar-refractivity contribution in [3.63, 3.8) is 0 Å². The summed E-state index contributed by atoms with van der Waals surface area (Å²) in [6, 6.07) is 0.266. The monoisotopic (exact) mass is 255 g/mol. The van der Waals surface area contributed by atoms with Crippen LogP contribution >= 0.6 is 0 Å². The van der Waals surface area contributed by atoms with Gasteiger partial charge in [0.1, 0.15) is 0 Å². The summed E-state index contributed by atoms with van der Waals surface area (Å²) in [6.45, 7) is 9.24. The zero-order valence-corrected chi connectivity index (χ0v) is 12.4. The van der Waals surface area contributed by atoms with Crippen LogP contribution in [0.5, 0.6) is 0 Å². The Morgan fingerprint density at radius 3 is 2.56 bits per heavy atom. The van der Waals surface area contributed by atoms with Gasteiger partial charge in [-0.3, -0.25) is 4.79 Å². The maximum absolute atomic E-state index is 12.4. The molecule has 18 heavy (non-hydrogen) atoms. The summed E-state index contributed by atoms with van der Waals surface area (Å²) in [5, 5.41) is 9.49. The van der Waals surface area contributed by atoms with Crippen LogP contribution in [-0.2, 0) is 4.79 Å². The van der Waals surface area contributed by atoms with Gasteiger partial charge < -0.3 is 10.0 Å². The maximum Gasteiger partial charge on any atom is 0.223 e. The third-order valence-corrected chi connectivity index (χ3v) is 4.21. The van der Waals surface area contributed by atoms with Gasteiger partial charge in [-0.05, 0) is 38.0 Å². The molecule has 3 unspecified atom stereocenters. The topological polar surface area (TPSA) is 40.5 Å². The molecule has 0 radical (unpaired) electrons. The highest BCUT2D eigenvalue weighted by Gasteiger charge is 2.30. The van der Waals surface area contributed by atoms with Crippen LogP contribution in [-0.4, -0.2) is 34.6 Å². The fourth-order valence-corrected chi connectivity index (χ4v) is 3.00. The molecule has 106 valence electrons. The summed E-state index contributed by atoms with van der Waals surface area (Å²) in [7, 11) is 0. The Bertz CT molecular complexity index is 263. The molecule has 3 heteroatoms. The fraction of sp³-hybridized carbons (Fsp3) is 0.933. The van der Waals surface area contributed by atoms with Gasteiger partial charge in [-0.25, -0.2) is 0 Å². The molecular weight excluding hydrogens is 226 g/mol. The summed E-state index contributed by atoms with van der Waals surface area (Å²) < 4.78 is 0. The van der Waals surface area contributed by atoms with Crippen LogP contribution in [0.1, 0.15) is 59.8 Å². The van der Waals surface area contributed by atoms with Gasteiger partial charge in [-0.2, -0.15) is 0 Å². The van der Waals surface area contributed by atoms with Crippen molar-refractivity contribution in [2.45, 2.75) is 71.9 Å². The first kappa shape index (κ1) is 15.5. The lowest BCUT2D eigenvalue weighted by atomic mass is 9.89. The molecule has 0 saturated carbocycles. The van der Waals surface area contributed by atoms with E-state index in [9.17, 15) is 9.90 Å². The first-order chi connectivity index (χ1) is 8.45. The van der Waals surface area contributed by atoms with E-state index in [4.69, 9.17) is 0 Å². The Hall–Kier alpha value is -0.570. The number of likely N-dealkylation sites (tertiary alicyclic amines) is 1. The average molecular weight is 255 g/mol. The highest BCUT2D eigenvalue weighted by atomic mass is 16.3. The second kappa shape index (κ2) is 7.13. The van der Waals surface area contributed by atoms with Gasteiger partial charge in [0.25, 0.3) is 0 Å². The summed E-state index contributed by atoms with van der Waals surface area (Å²) in [6.07, 6.45) is 4.29. The largest absolute Gasteiger partial charge is 0.393 e. The third-order valence-electron chi connectivity index (χ3n) is 4.21. The molecule has 1 N–H and O–H groups in total. The minimum atomic E-state index is -0.310. The van der Waals surface area contributed by atoms with Gasteiger partial charge in [0.05, 0.1) is 6.10 Å². The number of aliphatic hydroxyl groups excluding tert-OH is 1. The number of hydrogen-bond donors (Lipinski definition) is 1. The van der Waals surface area contributed by atoms with Crippen LogP contribution in [0.15, 0.2) is 0 Å². The molecule has 1 fully saturated rings. The second-order valence-electron chi connectivity index (χ2n) is 6.08. The molecule has 1 aliphatic rings. The Morgan fingerprint density at radius 1 is 1.39 bits per heavy atom. The Kier molecular flexibility index (Phi) is 6.13. The minimum absolute atomic E-state index is 0.266. The van der Waals surface area contributed by atoms with E-state index < -0.39 is 0 Å². The van der Waals surface area contributed by atoms with E-state index in [1.54, 1.807) is 0 Å². The first-order valence-corrected chi connectivity index (χ1v) is 7.43. The molecule has 1 saturated heterocycles. The number of carbonyl (C=O) groups excluding carboxylic acids is 1. The summed E-state index contributed by atoms with van der Waals surface area (Å²) in [5.74, 6) is 1.35. The number of amides is 1. The van der Waals surface area contributed by atoms with Gasteiger partial charge in [-0.15, -0.1) is 0 Å². The fourth-order valence-electron chi connectivity index (χ4n) is 3.00. The number of rotatable bonds is 6. The normalized spacial score (nSPS) is 23.4. The van der Waals surface area contributed by atoms with Crippen LogP contribution in [0, 0.1) is 11.8 Å². The highest BCUT2D eigenvalue weighted by Crippen LogP contribution is 2.26. The third kappa shape index (κ3) is 4.27.